The minimum Gasteiger partial charge on any atom is -0.460 e. The van der Waals surface area contributed by atoms with Gasteiger partial charge in [-0.1, -0.05) is 35.9 Å². The molecule has 1 atom stereocenters. The van der Waals surface area contributed by atoms with Crippen molar-refractivity contribution in [2.24, 2.45) is 0 Å². The Morgan fingerprint density at radius 2 is 1.91 bits per heavy atom. The van der Waals surface area contributed by atoms with E-state index >= 15 is 0 Å². The fourth-order valence-electron chi connectivity index (χ4n) is 3.94. The predicted molar refractivity (Wildman–Crippen MR) is 118 cm³/mol. The third-order valence-corrected chi connectivity index (χ3v) is 5.69. The van der Waals surface area contributed by atoms with Gasteiger partial charge in [-0.05, 0) is 38.1 Å². The van der Waals surface area contributed by atoms with Gasteiger partial charge in [0.1, 0.15) is 17.3 Å². The zero-order valence-electron chi connectivity index (χ0n) is 17.3. The molecule has 5 rings (SSSR count). The number of carbonyl (C=O) groups excluding carboxylic acids is 2. The number of nitrogens with zero attached hydrogens (tertiary/aromatic N) is 4. The second kappa shape index (κ2) is 7.72. The van der Waals surface area contributed by atoms with Crippen molar-refractivity contribution in [2.75, 3.05) is 5.32 Å². The van der Waals surface area contributed by atoms with Crippen molar-refractivity contribution in [3.05, 3.63) is 76.3 Å². The van der Waals surface area contributed by atoms with Crippen LogP contribution >= 0.6 is 11.6 Å². The first kappa shape index (κ1) is 20.1. The van der Waals surface area contributed by atoms with Gasteiger partial charge in [-0.3, -0.25) is 9.59 Å². The van der Waals surface area contributed by atoms with Gasteiger partial charge in [0.05, 0.1) is 11.6 Å². The first-order valence-corrected chi connectivity index (χ1v) is 10.4. The SMILES string of the molecule is CC(=O)c1ccc(-c2ccc([C@H]3CC(=O)Nc4c3c(C)nn4-c3ccc(Cl)nn3)o2)cc1. The largest absolute Gasteiger partial charge is 0.460 e. The van der Waals surface area contributed by atoms with E-state index < -0.39 is 0 Å². The standard InChI is InChI=1S/C23H18ClN5O3/c1-12-22-16(18-8-7-17(32-18)15-5-3-14(4-6-15)13(2)30)11-21(31)25-23(22)29(28-12)20-10-9-19(24)26-27-20/h3-10,16H,11H2,1-2H3,(H,25,31)/t16-/m1/s1. The van der Waals surface area contributed by atoms with Crippen LogP contribution in [0, 0.1) is 6.92 Å². The third kappa shape index (κ3) is 3.48. The molecule has 0 saturated heterocycles. The van der Waals surface area contributed by atoms with Crippen LogP contribution in [0.2, 0.25) is 5.15 Å². The van der Waals surface area contributed by atoms with Crippen LogP contribution in [0.15, 0.2) is 52.9 Å². The molecule has 1 aromatic carbocycles. The number of aromatic nitrogens is 4. The number of hydrogen-bond acceptors (Lipinski definition) is 6. The van der Waals surface area contributed by atoms with Crippen LogP contribution in [0.3, 0.4) is 0 Å². The number of aryl methyl sites for hydroxylation is 1. The van der Waals surface area contributed by atoms with Gasteiger partial charge < -0.3 is 9.73 Å². The van der Waals surface area contributed by atoms with Gasteiger partial charge >= 0.3 is 0 Å². The van der Waals surface area contributed by atoms with Gasteiger partial charge in [0.2, 0.25) is 5.91 Å². The lowest BCUT2D eigenvalue weighted by Crippen LogP contribution is -2.24. The van der Waals surface area contributed by atoms with Crippen molar-refractivity contribution in [2.45, 2.75) is 26.2 Å². The second-order valence-electron chi connectivity index (χ2n) is 7.61. The summed E-state index contributed by atoms with van der Waals surface area (Å²) in [6.45, 7) is 3.41. The van der Waals surface area contributed by atoms with Crippen LogP contribution in [0.4, 0.5) is 5.82 Å². The highest BCUT2D eigenvalue weighted by Gasteiger charge is 2.34. The zero-order chi connectivity index (χ0) is 22.4. The summed E-state index contributed by atoms with van der Waals surface area (Å²) in [5, 5.41) is 15.7. The Bertz CT molecular complexity index is 1340. The fraction of sp³-hybridized carbons (Fsp3) is 0.174. The molecule has 0 aliphatic carbocycles. The molecule has 0 unspecified atom stereocenters. The third-order valence-electron chi connectivity index (χ3n) is 5.48. The number of hydrogen-bond donors (Lipinski definition) is 1. The second-order valence-corrected chi connectivity index (χ2v) is 8.00. The van der Waals surface area contributed by atoms with Gasteiger partial charge in [0.25, 0.3) is 0 Å². The van der Waals surface area contributed by atoms with Gasteiger partial charge in [-0.2, -0.15) is 9.78 Å². The molecular formula is C23H18ClN5O3. The predicted octanol–water partition coefficient (Wildman–Crippen LogP) is 4.56. The maximum Gasteiger partial charge on any atom is 0.226 e. The highest BCUT2D eigenvalue weighted by molar-refractivity contribution is 6.29. The fourth-order valence-corrected chi connectivity index (χ4v) is 4.04. The first-order chi connectivity index (χ1) is 15.4. The Morgan fingerprint density at radius 1 is 1.12 bits per heavy atom. The van der Waals surface area contributed by atoms with Crippen LogP contribution in [0.1, 0.15) is 46.6 Å². The number of carbonyl (C=O) groups is 2. The summed E-state index contributed by atoms with van der Waals surface area (Å²) in [5.74, 6) is 1.89. The summed E-state index contributed by atoms with van der Waals surface area (Å²) in [6, 6.07) is 14.3. The molecule has 0 bridgehead atoms. The Morgan fingerprint density at radius 3 is 2.59 bits per heavy atom. The molecule has 1 amide bonds. The van der Waals surface area contributed by atoms with Crippen molar-refractivity contribution in [3.8, 4) is 17.1 Å². The van der Waals surface area contributed by atoms with E-state index in [0.717, 1.165) is 16.8 Å². The molecule has 1 aliphatic heterocycles. The summed E-state index contributed by atoms with van der Waals surface area (Å²) in [4.78, 5) is 24.1. The van der Waals surface area contributed by atoms with E-state index in [0.29, 0.717) is 28.7 Å². The van der Waals surface area contributed by atoms with E-state index in [1.807, 2.05) is 31.2 Å². The van der Waals surface area contributed by atoms with Gasteiger partial charge in [0.15, 0.2) is 16.8 Å². The molecule has 160 valence electrons. The van der Waals surface area contributed by atoms with E-state index in [1.165, 1.54) is 6.92 Å². The number of amides is 1. The summed E-state index contributed by atoms with van der Waals surface area (Å²) in [6.07, 6.45) is 0.238. The Balaban J connectivity index is 1.53. The number of halogens is 1. The van der Waals surface area contributed by atoms with Crippen LogP contribution in [-0.2, 0) is 4.79 Å². The van der Waals surface area contributed by atoms with Crippen molar-refractivity contribution in [1.29, 1.82) is 0 Å². The summed E-state index contributed by atoms with van der Waals surface area (Å²) >= 11 is 5.85. The van der Waals surface area contributed by atoms with E-state index in [1.54, 1.807) is 28.9 Å². The lowest BCUT2D eigenvalue weighted by Gasteiger charge is -2.22. The Kier molecular flexibility index (Phi) is 4.86. The Labute approximate surface area is 188 Å². The highest BCUT2D eigenvalue weighted by Crippen LogP contribution is 2.41. The van der Waals surface area contributed by atoms with Crippen LogP contribution in [0.25, 0.3) is 17.1 Å². The maximum absolute atomic E-state index is 12.6. The maximum atomic E-state index is 12.6. The van der Waals surface area contributed by atoms with E-state index in [4.69, 9.17) is 16.0 Å². The van der Waals surface area contributed by atoms with Gasteiger partial charge in [-0.25, -0.2) is 0 Å². The summed E-state index contributed by atoms with van der Waals surface area (Å²) in [7, 11) is 0. The molecule has 0 fully saturated rings. The smallest absolute Gasteiger partial charge is 0.226 e. The molecule has 8 nitrogen and oxygen atoms in total. The number of rotatable bonds is 4. The molecule has 9 heteroatoms. The number of anilines is 1. The van der Waals surface area contributed by atoms with Gasteiger partial charge in [0, 0.05) is 23.1 Å². The van der Waals surface area contributed by atoms with E-state index in [9.17, 15) is 9.59 Å². The quantitative estimate of drug-likeness (QED) is 0.460. The van der Waals surface area contributed by atoms with Crippen LogP contribution in [0.5, 0.6) is 0 Å². The topological polar surface area (TPSA) is 103 Å². The zero-order valence-corrected chi connectivity index (χ0v) is 18.1. The number of ketones is 1. The molecule has 4 aromatic rings. The molecule has 3 aromatic heterocycles. The minimum atomic E-state index is -0.294. The van der Waals surface area contributed by atoms with Crippen LogP contribution in [-0.4, -0.2) is 31.7 Å². The Hall–Kier alpha value is -3.78. The number of fused-ring (bicyclic) bond motifs is 1. The highest BCUT2D eigenvalue weighted by atomic mass is 35.5. The van der Waals surface area contributed by atoms with E-state index in [2.05, 4.69) is 20.6 Å². The van der Waals surface area contributed by atoms with Crippen LogP contribution < -0.4 is 5.32 Å². The van der Waals surface area contributed by atoms with Gasteiger partial charge in [-0.15, -0.1) is 10.2 Å². The normalized spacial score (nSPS) is 15.3. The summed E-state index contributed by atoms with van der Waals surface area (Å²) in [5.41, 5.74) is 3.12. The number of benzene rings is 1. The minimum absolute atomic E-state index is 0.00953. The molecule has 0 spiro atoms. The van der Waals surface area contributed by atoms with Crippen molar-refractivity contribution >= 4 is 29.1 Å². The first-order valence-electron chi connectivity index (χ1n) is 10.0. The molecular weight excluding hydrogens is 430 g/mol. The van der Waals surface area contributed by atoms with Crippen molar-refractivity contribution in [1.82, 2.24) is 20.0 Å². The number of furan rings is 1. The van der Waals surface area contributed by atoms with Crippen molar-refractivity contribution < 1.29 is 14.0 Å². The average molecular weight is 448 g/mol. The molecule has 0 radical (unpaired) electrons. The molecule has 1 aliphatic rings. The average Bonchev–Trinajstić information content (AvgIpc) is 3.39. The molecule has 4 heterocycles. The number of Topliss-reactive ketones (excluding diaryl/α,β-unsaturated/α-hetero) is 1. The molecule has 32 heavy (non-hydrogen) atoms. The molecule has 0 saturated carbocycles. The summed E-state index contributed by atoms with van der Waals surface area (Å²) < 4.78 is 7.71. The lowest BCUT2D eigenvalue weighted by atomic mass is 9.90. The number of nitrogens with one attached hydrogen (secondary N) is 1. The molecule has 1 N–H and O–H groups in total. The van der Waals surface area contributed by atoms with E-state index in [-0.39, 0.29) is 29.2 Å². The van der Waals surface area contributed by atoms with Crippen molar-refractivity contribution in [3.63, 3.8) is 0 Å². The monoisotopic (exact) mass is 447 g/mol. The lowest BCUT2D eigenvalue weighted by molar-refractivity contribution is -0.116.